The predicted octanol–water partition coefficient (Wildman–Crippen LogP) is 4.62. The number of carbonyl (C=O) groups is 1. The second-order valence-corrected chi connectivity index (χ2v) is 8.19. The van der Waals surface area contributed by atoms with Crippen molar-refractivity contribution in [1.82, 2.24) is 9.55 Å². The summed E-state index contributed by atoms with van der Waals surface area (Å²) in [7, 11) is 3.22. The van der Waals surface area contributed by atoms with E-state index in [1.165, 1.54) is 6.92 Å². The maximum atomic E-state index is 13.7. The molecule has 7 heteroatoms. The molecule has 0 atom stereocenters. The molecule has 0 fully saturated rings. The lowest BCUT2D eigenvalue weighted by molar-refractivity contribution is -0.141. The molecule has 0 radical (unpaired) electrons. The fraction of sp³-hybridized carbons (Fsp3) is 0.250. The molecule has 0 saturated heterocycles. The van der Waals surface area contributed by atoms with Gasteiger partial charge in [0.2, 0.25) is 0 Å². The Morgan fingerprint density at radius 2 is 1.54 bits per heavy atom. The van der Waals surface area contributed by atoms with Crippen molar-refractivity contribution < 1.29 is 19.0 Å². The van der Waals surface area contributed by atoms with Gasteiger partial charge >= 0.3 is 5.97 Å². The first-order valence-corrected chi connectivity index (χ1v) is 11.4. The standard InChI is InChI=1S/C28H28N2O5/c1-19(31)35-16-4-5-20-6-10-22(11-7-20)27-28(32)30(18-21-8-12-23(33-2)13-9-21)26-17-24(34-3)14-15-25(26)29-27/h6-15,17H,4-5,16,18H2,1-3H3. The van der Waals surface area contributed by atoms with Crippen molar-refractivity contribution in [2.75, 3.05) is 20.8 Å². The highest BCUT2D eigenvalue weighted by molar-refractivity contribution is 5.79. The van der Waals surface area contributed by atoms with Crippen LogP contribution in [-0.4, -0.2) is 36.3 Å². The molecule has 180 valence electrons. The van der Waals surface area contributed by atoms with Crippen LogP contribution in [0.2, 0.25) is 0 Å². The van der Waals surface area contributed by atoms with Crippen molar-refractivity contribution in [2.45, 2.75) is 26.3 Å². The van der Waals surface area contributed by atoms with E-state index in [0.29, 0.717) is 35.6 Å². The van der Waals surface area contributed by atoms with Crippen LogP contribution in [0.25, 0.3) is 22.3 Å². The van der Waals surface area contributed by atoms with Crippen LogP contribution in [0.1, 0.15) is 24.5 Å². The molecule has 0 amide bonds. The summed E-state index contributed by atoms with van der Waals surface area (Å²) in [6.07, 6.45) is 1.52. The molecule has 1 heterocycles. The Hall–Kier alpha value is -4.13. The number of aromatic nitrogens is 2. The fourth-order valence-electron chi connectivity index (χ4n) is 3.93. The molecule has 0 aliphatic heterocycles. The Balaban J connectivity index is 1.69. The van der Waals surface area contributed by atoms with Gasteiger partial charge in [-0.1, -0.05) is 36.4 Å². The van der Waals surface area contributed by atoms with E-state index in [2.05, 4.69) is 0 Å². The van der Waals surface area contributed by atoms with Crippen LogP contribution in [0.5, 0.6) is 11.5 Å². The second-order valence-electron chi connectivity index (χ2n) is 8.19. The number of benzene rings is 3. The zero-order valence-corrected chi connectivity index (χ0v) is 20.1. The third-order valence-electron chi connectivity index (χ3n) is 5.80. The van der Waals surface area contributed by atoms with Gasteiger partial charge in [-0.15, -0.1) is 0 Å². The molecular formula is C28H28N2O5. The molecule has 1 aromatic heterocycles. The van der Waals surface area contributed by atoms with Crippen molar-refractivity contribution in [3.8, 4) is 22.8 Å². The molecule has 4 aromatic rings. The minimum atomic E-state index is -0.272. The average molecular weight is 473 g/mol. The maximum Gasteiger partial charge on any atom is 0.302 e. The topological polar surface area (TPSA) is 79.7 Å². The molecule has 0 saturated carbocycles. The summed E-state index contributed by atoms with van der Waals surface area (Å²) in [6, 6.07) is 21.0. The minimum absolute atomic E-state index is 0.177. The molecule has 4 rings (SSSR count). The number of ether oxygens (including phenoxy) is 3. The lowest BCUT2D eigenvalue weighted by atomic mass is 10.1. The lowest BCUT2D eigenvalue weighted by Gasteiger charge is -2.14. The Labute approximate surface area is 203 Å². The van der Waals surface area contributed by atoms with Gasteiger partial charge < -0.3 is 18.8 Å². The van der Waals surface area contributed by atoms with Crippen LogP contribution in [0.15, 0.2) is 71.5 Å². The highest BCUT2D eigenvalue weighted by atomic mass is 16.5. The number of fused-ring (bicyclic) bond motifs is 1. The third-order valence-corrected chi connectivity index (χ3v) is 5.80. The van der Waals surface area contributed by atoms with Crippen molar-refractivity contribution in [3.63, 3.8) is 0 Å². The largest absolute Gasteiger partial charge is 0.497 e. The molecule has 0 aliphatic rings. The first-order valence-electron chi connectivity index (χ1n) is 11.4. The van der Waals surface area contributed by atoms with Gasteiger partial charge in [0.05, 0.1) is 38.4 Å². The third kappa shape index (κ3) is 5.69. The Morgan fingerprint density at radius 1 is 0.886 bits per heavy atom. The van der Waals surface area contributed by atoms with Gasteiger partial charge in [0.1, 0.15) is 17.2 Å². The molecule has 35 heavy (non-hydrogen) atoms. The first-order chi connectivity index (χ1) is 17.0. The predicted molar refractivity (Wildman–Crippen MR) is 135 cm³/mol. The number of nitrogens with zero attached hydrogens (tertiary/aromatic N) is 2. The van der Waals surface area contributed by atoms with E-state index in [0.717, 1.165) is 35.3 Å². The van der Waals surface area contributed by atoms with Crippen LogP contribution in [0, 0.1) is 0 Å². The fourth-order valence-corrected chi connectivity index (χ4v) is 3.93. The summed E-state index contributed by atoms with van der Waals surface area (Å²) in [6.45, 7) is 2.18. The zero-order valence-electron chi connectivity index (χ0n) is 20.1. The summed E-state index contributed by atoms with van der Waals surface area (Å²) < 4.78 is 17.4. The normalized spacial score (nSPS) is 10.8. The van der Waals surface area contributed by atoms with Gasteiger partial charge in [-0.2, -0.15) is 0 Å². The van der Waals surface area contributed by atoms with E-state index in [1.807, 2.05) is 66.7 Å². The van der Waals surface area contributed by atoms with Crippen molar-refractivity contribution >= 4 is 17.0 Å². The number of rotatable bonds is 9. The van der Waals surface area contributed by atoms with Gasteiger partial charge in [-0.3, -0.25) is 9.59 Å². The number of carbonyl (C=O) groups excluding carboxylic acids is 1. The van der Waals surface area contributed by atoms with Crippen LogP contribution < -0.4 is 15.0 Å². The first kappa shape index (κ1) is 24.0. The molecule has 0 aliphatic carbocycles. The average Bonchev–Trinajstić information content (AvgIpc) is 2.88. The second kappa shape index (κ2) is 10.9. The van der Waals surface area contributed by atoms with Gasteiger partial charge in [-0.25, -0.2) is 4.98 Å². The molecule has 3 aromatic carbocycles. The van der Waals surface area contributed by atoms with E-state index in [1.54, 1.807) is 18.8 Å². The molecule has 0 N–H and O–H groups in total. The van der Waals surface area contributed by atoms with Gasteiger partial charge in [0.25, 0.3) is 5.56 Å². The minimum Gasteiger partial charge on any atom is -0.497 e. The van der Waals surface area contributed by atoms with Gasteiger partial charge in [0, 0.05) is 18.6 Å². The molecular weight excluding hydrogens is 444 g/mol. The van der Waals surface area contributed by atoms with Crippen LogP contribution >= 0.6 is 0 Å². The van der Waals surface area contributed by atoms with Gasteiger partial charge in [0.15, 0.2) is 0 Å². The Bertz CT molecular complexity index is 1380. The van der Waals surface area contributed by atoms with Crippen LogP contribution in [-0.2, 0) is 22.5 Å². The summed E-state index contributed by atoms with van der Waals surface area (Å²) in [4.78, 5) is 29.3. The van der Waals surface area contributed by atoms with Crippen LogP contribution in [0.4, 0.5) is 0 Å². The maximum absolute atomic E-state index is 13.7. The van der Waals surface area contributed by atoms with Crippen molar-refractivity contribution in [3.05, 3.63) is 88.2 Å². The molecule has 7 nitrogen and oxygen atoms in total. The highest BCUT2D eigenvalue weighted by Gasteiger charge is 2.14. The number of methoxy groups -OCH3 is 2. The molecule has 0 unspecified atom stereocenters. The number of hydrogen-bond donors (Lipinski definition) is 0. The van der Waals surface area contributed by atoms with Gasteiger partial charge in [-0.05, 0) is 48.2 Å². The number of hydrogen-bond acceptors (Lipinski definition) is 6. The summed E-state index contributed by atoms with van der Waals surface area (Å²) >= 11 is 0. The van der Waals surface area contributed by atoms with Crippen LogP contribution in [0.3, 0.4) is 0 Å². The van der Waals surface area contributed by atoms with Crippen molar-refractivity contribution in [1.29, 1.82) is 0 Å². The highest BCUT2D eigenvalue weighted by Crippen LogP contribution is 2.23. The van der Waals surface area contributed by atoms with Crippen molar-refractivity contribution in [2.24, 2.45) is 0 Å². The Kier molecular flexibility index (Phi) is 7.45. The Morgan fingerprint density at radius 3 is 2.20 bits per heavy atom. The number of esters is 1. The van der Waals surface area contributed by atoms with E-state index >= 15 is 0 Å². The van der Waals surface area contributed by atoms with E-state index in [9.17, 15) is 9.59 Å². The monoisotopic (exact) mass is 472 g/mol. The number of aryl methyl sites for hydroxylation is 1. The SMILES string of the molecule is COc1ccc(Cn2c(=O)c(-c3ccc(CCCOC(C)=O)cc3)nc3ccc(OC)cc32)cc1. The molecule has 0 spiro atoms. The lowest BCUT2D eigenvalue weighted by Crippen LogP contribution is -2.24. The van der Waals surface area contributed by atoms with E-state index in [-0.39, 0.29) is 11.5 Å². The summed E-state index contributed by atoms with van der Waals surface area (Å²) in [5.74, 6) is 1.15. The molecule has 0 bridgehead atoms. The van der Waals surface area contributed by atoms with E-state index in [4.69, 9.17) is 19.2 Å². The summed E-state index contributed by atoms with van der Waals surface area (Å²) in [5.41, 5.74) is 4.45. The van der Waals surface area contributed by atoms with E-state index < -0.39 is 0 Å². The quantitative estimate of drug-likeness (QED) is 0.261. The zero-order chi connectivity index (χ0) is 24.8. The smallest absolute Gasteiger partial charge is 0.302 e. The summed E-state index contributed by atoms with van der Waals surface area (Å²) in [5, 5.41) is 0.